The number of hydrogen-bond donors (Lipinski definition) is 0. The van der Waals surface area contributed by atoms with Gasteiger partial charge in [-0.05, 0) is 26.0 Å². The molecule has 0 amide bonds. The topological polar surface area (TPSA) is 12.4 Å². The Bertz CT molecular complexity index is 75.1. The highest BCUT2D eigenvalue weighted by atomic mass is 14.7. The summed E-state index contributed by atoms with van der Waals surface area (Å²) in [5.41, 5.74) is 0. The molecule has 0 heterocycles. The summed E-state index contributed by atoms with van der Waals surface area (Å²) in [6.45, 7) is 14.5. The summed E-state index contributed by atoms with van der Waals surface area (Å²) in [5, 5.41) is 0. The second-order valence-electron chi connectivity index (χ2n) is 1.55. The Morgan fingerprint density at radius 3 is 1.92 bits per heavy atom. The summed E-state index contributed by atoms with van der Waals surface area (Å²) in [7, 11) is 0. The van der Waals surface area contributed by atoms with Crippen LogP contribution in [0.3, 0.4) is 0 Å². The lowest BCUT2D eigenvalue weighted by molar-refractivity contribution is 1.07. The summed E-state index contributed by atoms with van der Waals surface area (Å²) in [6, 6.07) is 0. The number of unbranched alkanes of at least 4 members (excludes halogenated alkanes) is 1. The maximum absolute atomic E-state index is 4.04. The predicted molar refractivity (Wildman–Crippen MR) is 61.2 cm³/mol. The number of aliphatic imine (C=N–C) groups is 1. The summed E-state index contributed by atoms with van der Waals surface area (Å²) in [5.74, 6) is 0. The van der Waals surface area contributed by atoms with Crippen molar-refractivity contribution < 1.29 is 0 Å². The van der Waals surface area contributed by atoms with E-state index in [0.717, 1.165) is 19.4 Å². The minimum atomic E-state index is 0.900. The van der Waals surface area contributed by atoms with Crippen molar-refractivity contribution in [3.8, 4) is 0 Å². The SMILES string of the molecule is C=CCCC=NCC.CC.CC. The minimum absolute atomic E-state index is 0.900. The molecule has 0 fully saturated rings. The Morgan fingerprint density at radius 1 is 1.08 bits per heavy atom. The van der Waals surface area contributed by atoms with Gasteiger partial charge in [-0.15, -0.1) is 6.58 Å². The number of nitrogens with zero attached hydrogens (tertiary/aromatic N) is 1. The van der Waals surface area contributed by atoms with Gasteiger partial charge in [0, 0.05) is 6.54 Å². The Morgan fingerprint density at radius 2 is 1.58 bits per heavy atom. The van der Waals surface area contributed by atoms with E-state index in [-0.39, 0.29) is 0 Å². The van der Waals surface area contributed by atoms with Crippen LogP contribution in [-0.4, -0.2) is 12.8 Å². The molecule has 0 rings (SSSR count). The number of hydrogen-bond acceptors (Lipinski definition) is 1. The van der Waals surface area contributed by atoms with E-state index >= 15 is 0 Å². The Balaban J connectivity index is -0.000000175. The quantitative estimate of drug-likeness (QED) is 0.343. The van der Waals surface area contributed by atoms with Crippen molar-refractivity contribution in [3.63, 3.8) is 0 Å². The zero-order valence-corrected chi connectivity index (χ0v) is 9.43. The maximum Gasteiger partial charge on any atom is 0.0357 e. The molecule has 0 spiro atoms. The molecule has 0 aromatic carbocycles. The first-order chi connectivity index (χ1) is 5.91. The zero-order chi connectivity index (χ0) is 10.2. The van der Waals surface area contributed by atoms with Gasteiger partial charge in [-0.25, -0.2) is 0 Å². The Hall–Kier alpha value is -0.590. The Labute approximate surface area is 78.6 Å². The van der Waals surface area contributed by atoms with Crippen LogP contribution >= 0.6 is 0 Å². The van der Waals surface area contributed by atoms with Crippen LogP contribution in [0.25, 0.3) is 0 Å². The van der Waals surface area contributed by atoms with Gasteiger partial charge in [0.05, 0.1) is 0 Å². The van der Waals surface area contributed by atoms with Crippen LogP contribution in [0.5, 0.6) is 0 Å². The fraction of sp³-hybridized carbons (Fsp3) is 0.727. The number of rotatable bonds is 4. The first-order valence-corrected chi connectivity index (χ1v) is 5.01. The van der Waals surface area contributed by atoms with Crippen LogP contribution in [0, 0.1) is 0 Å². The van der Waals surface area contributed by atoms with Crippen LogP contribution in [-0.2, 0) is 0 Å². The van der Waals surface area contributed by atoms with Gasteiger partial charge < -0.3 is 0 Å². The van der Waals surface area contributed by atoms with Crippen molar-refractivity contribution >= 4 is 6.21 Å². The van der Waals surface area contributed by atoms with Crippen molar-refractivity contribution in [2.45, 2.75) is 47.5 Å². The molecule has 0 aliphatic heterocycles. The molecule has 0 N–H and O–H groups in total. The van der Waals surface area contributed by atoms with Gasteiger partial charge in [-0.2, -0.15) is 0 Å². The van der Waals surface area contributed by atoms with E-state index in [4.69, 9.17) is 0 Å². The molecule has 0 radical (unpaired) electrons. The number of allylic oxidation sites excluding steroid dienone is 1. The lowest BCUT2D eigenvalue weighted by Crippen LogP contribution is -1.74. The molecule has 12 heavy (non-hydrogen) atoms. The van der Waals surface area contributed by atoms with E-state index in [2.05, 4.69) is 11.6 Å². The summed E-state index contributed by atoms with van der Waals surface area (Å²) in [4.78, 5) is 4.04. The lowest BCUT2D eigenvalue weighted by Gasteiger charge is -1.81. The molecule has 0 aliphatic rings. The second-order valence-corrected chi connectivity index (χ2v) is 1.55. The third kappa shape index (κ3) is 34.2. The minimum Gasteiger partial charge on any atom is -0.298 e. The summed E-state index contributed by atoms with van der Waals surface area (Å²) >= 11 is 0. The van der Waals surface area contributed by atoms with Crippen molar-refractivity contribution in [1.29, 1.82) is 0 Å². The average Bonchev–Trinajstić information content (AvgIpc) is 2.19. The average molecular weight is 171 g/mol. The zero-order valence-electron chi connectivity index (χ0n) is 9.43. The summed E-state index contributed by atoms with van der Waals surface area (Å²) < 4.78 is 0. The highest BCUT2D eigenvalue weighted by Gasteiger charge is 1.71. The van der Waals surface area contributed by atoms with Crippen molar-refractivity contribution in [3.05, 3.63) is 12.7 Å². The molecule has 74 valence electrons. The molecular weight excluding hydrogens is 146 g/mol. The van der Waals surface area contributed by atoms with Gasteiger partial charge in [0.25, 0.3) is 0 Å². The van der Waals surface area contributed by atoms with E-state index in [1.807, 2.05) is 46.9 Å². The van der Waals surface area contributed by atoms with E-state index in [1.165, 1.54) is 0 Å². The van der Waals surface area contributed by atoms with E-state index in [9.17, 15) is 0 Å². The van der Waals surface area contributed by atoms with Gasteiger partial charge in [0.2, 0.25) is 0 Å². The molecule has 1 nitrogen and oxygen atoms in total. The van der Waals surface area contributed by atoms with Crippen molar-refractivity contribution in [2.75, 3.05) is 6.54 Å². The molecule has 0 unspecified atom stereocenters. The standard InChI is InChI=1S/C7H13N.2C2H6/c1-3-5-6-7-8-4-2;2*1-2/h3,7H,1,4-6H2,2H3;2*1-2H3. The van der Waals surface area contributed by atoms with Crippen LogP contribution < -0.4 is 0 Å². The van der Waals surface area contributed by atoms with Gasteiger partial charge in [0.15, 0.2) is 0 Å². The third-order valence-electron chi connectivity index (χ3n) is 0.812. The van der Waals surface area contributed by atoms with Crippen molar-refractivity contribution in [2.24, 2.45) is 4.99 Å². The smallest absolute Gasteiger partial charge is 0.0357 e. The van der Waals surface area contributed by atoms with Gasteiger partial charge in [-0.3, -0.25) is 4.99 Å². The largest absolute Gasteiger partial charge is 0.298 e. The monoisotopic (exact) mass is 171 g/mol. The van der Waals surface area contributed by atoms with Crippen LogP contribution in [0.2, 0.25) is 0 Å². The molecule has 0 saturated carbocycles. The van der Waals surface area contributed by atoms with E-state index in [1.54, 1.807) is 0 Å². The fourth-order valence-electron chi connectivity index (χ4n) is 0.413. The summed E-state index contributed by atoms with van der Waals surface area (Å²) in [6.07, 6.45) is 5.93. The highest BCUT2D eigenvalue weighted by molar-refractivity contribution is 5.57. The molecule has 1 heteroatoms. The third-order valence-corrected chi connectivity index (χ3v) is 0.812. The van der Waals surface area contributed by atoms with Crippen LogP contribution in [0.15, 0.2) is 17.6 Å². The van der Waals surface area contributed by atoms with Gasteiger partial charge >= 0.3 is 0 Å². The maximum atomic E-state index is 4.04. The lowest BCUT2D eigenvalue weighted by atomic mass is 10.3. The second kappa shape index (κ2) is 31.5. The molecule has 0 atom stereocenters. The molecular formula is C11H25N. The van der Waals surface area contributed by atoms with Crippen LogP contribution in [0.4, 0.5) is 0 Å². The van der Waals surface area contributed by atoms with Gasteiger partial charge in [-0.1, -0.05) is 33.8 Å². The fourth-order valence-corrected chi connectivity index (χ4v) is 0.413. The molecule has 0 aromatic heterocycles. The predicted octanol–water partition coefficient (Wildman–Crippen LogP) is 4.10. The molecule has 0 aromatic rings. The van der Waals surface area contributed by atoms with Crippen molar-refractivity contribution in [1.82, 2.24) is 0 Å². The highest BCUT2D eigenvalue weighted by Crippen LogP contribution is 1.83. The van der Waals surface area contributed by atoms with E-state index < -0.39 is 0 Å². The molecule has 0 aliphatic carbocycles. The molecule has 0 saturated heterocycles. The normalized spacial score (nSPS) is 7.75. The molecule has 0 bridgehead atoms. The van der Waals surface area contributed by atoms with Gasteiger partial charge in [0.1, 0.15) is 0 Å². The Kier molecular flexibility index (Phi) is 45.9. The first-order valence-electron chi connectivity index (χ1n) is 5.01. The van der Waals surface area contributed by atoms with Crippen LogP contribution in [0.1, 0.15) is 47.5 Å². The van der Waals surface area contributed by atoms with E-state index in [0.29, 0.717) is 0 Å². The first kappa shape index (κ1) is 17.5.